The van der Waals surface area contributed by atoms with Crippen LogP contribution in [0.4, 0.5) is 0 Å². The van der Waals surface area contributed by atoms with Gasteiger partial charge in [0.2, 0.25) is 0 Å². The van der Waals surface area contributed by atoms with Crippen LogP contribution in [0.2, 0.25) is 0 Å². The van der Waals surface area contributed by atoms with E-state index in [0.717, 1.165) is 44.9 Å². The topological polar surface area (TPSA) is 24.5 Å². The Morgan fingerprint density at radius 2 is 2.17 bits per heavy atom. The van der Waals surface area contributed by atoms with Crippen LogP contribution in [0.25, 0.3) is 0 Å². The Bertz CT molecular complexity index is 444. The third-order valence-corrected chi connectivity index (χ3v) is 4.10. The Morgan fingerprint density at radius 1 is 1.39 bits per heavy atom. The van der Waals surface area contributed by atoms with Crippen molar-refractivity contribution in [3.8, 4) is 5.75 Å². The second-order valence-corrected chi connectivity index (χ2v) is 6.13. The molecule has 1 N–H and O–H groups in total. The van der Waals surface area contributed by atoms with E-state index in [1.54, 1.807) is 0 Å². The van der Waals surface area contributed by atoms with Crippen molar-refractivity contribution in [2.24, 2.45) is 0 Å². The van der Waals surface area contributed by atoms with E-state index in [-0.39, 0.29) is 0 Å². The zero-order chi connectivity index (χ0) is 12.5. The van der Waals surface area contributed by atoms with Crippen molar-refractivity contribution in [2.45, 2.75) is 26.0 Å². The van der Waals surface area contributed by atoms with Gasteiger partial charge in [-0.25, -0.2) is 0 Å². The highest BCUT2D eigenvalue weighted by atomic mass is 79.9. The standard InChI is InChI=1S/C14H19BrN2O/c1-10-6-11-7-13(15)8-12(14(11)18-10)9-17-4-2-16-3-5-17/h7-8,10,16H,2-6,9H2,1H3. The lowest BCUT2D eigenvalue weighted by atomic mass is 10.1. The molecule has 2 aliphatic heterocycles. The number of piperazine rings is 1. The van der Waals surface area contributed by atoms with Crippen molar-refractivity contribution in [3.63, 3.8) is 0 Å². The molecular formula is C14H19BrN2O. The molecule has 0 amide bonds. The van der Waals surface area contributed by atoms with Gasteiger partial charge in [-0.05, 0) is 24.6 Å². The summed E-state index contributed by atoms with van der Waals surface area (Å²) in [5.74, 6) is 1.13. The first-order valence-electron chi connectivity index (χ1n) is 6.63. The summed E-state index contributed by atoms with van der Waals surface area (Å²) in [5.41, 5.74) is 2.67. The summed E-state index contributed by atoms with van der Waals surface area (Å²) in [6.07, 6.45) is 1.35. The molecule has 4 heteroatoms. The molecular weight excluding hydrogens is 292 g/mol. The minimum absolute atomic E-state index is 0.316. The Balaban J connectivity index is 1.83. The molecule has 1 unspecified atom stereocenters. The largest absolute Gasteiger partial charge is 0.490 e. The number of benzene rings is 1. The van der Waals surface area contributed by atoms with Gasteiger partial charge in [0.1, 0.15) is 11.9 Å². The summed E-state index contributed by atoms with van der Waals surface area (Å²) in [6.45, 7) is 7.56. The van der Waals surface area contributed by atoms with Crippen molar-refractivity contribution in [2.75, 3.05) is 26.2 Å². The molecule has 3 rings (SSSR count). The Kier molecular flexibility index (Phi) is 3.59. The Hall–Kier alpha value is -0.580. The molecule has 2 heterocycles. The smallest absolute Gasteiger partial charge is 0.127 e. The average molecular weight is 311 g/mol. The van der Waals surface area contributed by atoms with E-state index >= 15 is 0 Å². The molecule has 0 aliphatic carbocycles. The predicted octanol–water partition coefficient (Wildman–Crippen LogP) is 2.18. The zero-order valence-corrected chi connectivity index (χ0v) is 12.3. The molecule has 1 fully saturated rings. The summed E-state index contributed by atoms with van der Waals surface area (Å²) in [5, 5.41) is 3.39. The summed E-state index contributed by atoms with van der Waals surface area (Å²) in [4.78, 5) is 2.49. The van der Waals surface area contributed by atoms with Crippen molar-refractivity contribution in [3.05, 3.63) is 27.7 Å². The van der Waals surface area contributed by atoms with Gasteiger partial charge in [-0.1, -0.05) is 15.9 Å². The highest BCUT2D eigenvalue weighted by Gasteiger charge is 2.24. The minimum atomic E-state index is 0.316. The van der Waals surface area contributed by atoms with E-state index in [1.807, 2.05) is 0 Å². The van der Waals surface area contributed by atoms with Gasteiger partial charge in [0.05, 0.1) is 0 Å². The van der Waals surface area contributed by atoms with E-state index in [9.17, 15) is 0 Å². The second kappa shape index (κ2) is 5.19. The van der Waals surface area contributed by atoms with Gasteiger partial charge < -0.3 is 10.1 Å². The van der Waals surface area contributed by atoms with Crippen LogP contribution in [-0.2, 0) is 13.0 Å². The lowest BCUT2D eigenvalue weighted by molar-refractivity contribution is 0.220. The summed E-state index contributed by atoms with van der Waals surface area (Å²) >= 11 is 3.61. The summed E-state index contributed by atoms with van der Waals surface area (Å²) in [7, 11) is 0. The molecule has 3 nitrogen and oxygen atoms in total. The minimum Gasteiger partial charge on any atom is -0.490 e. The van der Waals surface area contributed by atoms with Crippen molar-refractivity contribution < 1.29 is 4.74 Å². The van der Waals surface area contributed by atoms with Crippen LogP contribution >= 0.6 is 15.9 Å². The molecule has 0 spiro atoms. The van der Waals surface area contributed by atoms with Crippen LogP contribution in [0.3, 0.4) is 0 Å². The number of ether oxygens (including phenoxy) is 1. The van der Waals surface area contributed by atoms with Gasteiger partial charge in [0, 0.05) is 49.2 Å². The van der Waals surface area contributed by atoms with Crippen molar-refractivity contribution >= 4 is 15.9 Å². The van der Waals surface area contributed by atoms with E-state index in [1.165, 1.54) is 15.6 Å². The molecule has 1 saturated heterocycles. The third kappa shape index (κ3) is 2.56. The Labute approximate surface area is 117 Å². The van der Waals surface area contributed by atoms with Gasteiger partial charge in [-0.15, -0.1) is 0 Å². The lowest BCUT2D eigenvalue weighted by Crippen LogP contribution is -2.42. The lowest BCUT2D eigenvalue weighted by Gasteiger charge is -2.27. The van der Waals surface area contributed by atoms with E-state index in [0.29, 0.717) is 6.10 Å². The average Bonchev–Trinajstić information content (AvgIpc) is 2.71. The van der Waals surface area contributed by atoms with Crippen LogP contribution in [0.15, 0.2) is 16.6 Å². The Morgan fingerprint density at radius 3 is 2.94 bits per heavy atom. The van der Waals surface area contributed by atoms with Crippen LogP contribution in [-0.4, -0.2) is 37.2 Å². The first-order valence-corrected chi connectivity index (χ1v) is 7.43. The van der Waals surface area contributed by atoms with Gasteiger partial charge in [0.15, 0.2) is 0 Å². The molecule has 0 radical (unpaired) electrons. The fraction of sp³-hybridized carbons (Fsp3) is 0.571. The summed E-state index contributed by atoms with van der Waals surface area (Å²) in [6, 6.07) is 4.40. The maximum absolute atomic E-state index is 5.97. The van der Waals surface area contributed by atoms with Gasteiger partial charge in [0.25, 0.3) is 0 Å². The normalized spacial score (nSPS) is 23.8. The first kappa shape index (κ1) is 12.5. The fourth-order valence-electron chi connectivity index (χ4n) is 2.80. The quantitative estimate of drug-likeness (QED) is 0.906. The molecule has 98 valence electrons. The SMILES string of the molecule is CC1Cc2cc(Br)cc(CN3CCNCC3)c2O1. The first-order chi connectivity index (χ1) is 8.72. The molecule has 18 heavy (non-hydrogen) atoms. The van der Waals surface area contributed by atoms with Gasteiger partial charge in [-0.2, -0.15) is 0 Å². The number of halogens is 1. The molecule has 0 bridgehead atoms. The van der Waals surface area contributed by atoms with E-state index < -0.39 is 0 Å². The maximum atomic E-state index is 5.97. The van der Waals surface area contributed by atoms with Crippen LogP contribution in [0.1, 0.15) is 18.1 Å². The number of fused-ring (bicyclic) bond motifs is 1. The molecule has 2 aliphatic rings. The monoisotopic (exact) mass is 310 g/mol. The second-order valence-electron chi connectivity index (χ2n) is 5.21. The molecule has 0 aromatic heterocycles. The highest BCUT2D eigenvalue weighted by molar-refractivity contribution is 9.10. The third-order valence-electron chi connectivity index (χ3n) is 3.64. The molecule has 1 aromatic carbocycles. The fourth-order valence-corrected chi connectivity index (χ4v) is 3.35. The molecule has 1 aromatic rings. The van der Waals surface area contributed by atoms with E-state index in [4.69, 9.17) is 4.74 Å². The molecule has 0 saturated carbocycles. The van der Waals surface area contributed by atoms with Gasteiger partial charge in [-0.3, -0.25) is 4.90 Å². The number of nitrogens with zero attached hydrogens (tertiary/aromatic N) is 1. The zero-order valence-electron chi connectivity index (χ0n) is 10.7. The number of rotatable bonds is 2. The number of nitrogens with one attached hydrogen (secondary N) is 1. The van der Waals surface area contributed by atoms with Crippen molar-refractivity contribution in [1.82, 2.24) is 10.2 Å². The van der Waals surface area contributed by atoms with Crippen molar-refractivity contribution in [1.29, 1.82) is 0 Å². The number of hydrogen-bond donors (Lipinski definition) is 1. The van der Waals surface area contributed by atoms with Gasteiger partial charge >= 0.3 is 0 Å². The molecule has 1 atom stereocenters. The predicted molar refractivity (Wildman–Crippen MR) is 76.1 cm³/mol. The van der Waals surface area contributed by atoms with Crippen LogP contribution in [0, 0.1) is 0 Å². The number of hydrogen-bond acceptors (Lipinski definition) is 3. The summed E-state index contributed by atoms with van der Waals surface area (Å²) < 4.78 is 7.14. The highest BCUT2D eigenvalue weighted by Crippen LogP contribution is 2.36. The van der Waals surface area contributed by atoms with E-state index in [2.05, 4.69) is 45.2 Å². The maximum Gasteiger partial charge on any atom is 0.127 e. The van der Waals surface area contributed by atoms with Crippen LogP contribution < -0.4 is 10.1 Å². The van der Waals surface area contributed by atoms with Crippen LogP contribution in [0.5, 0.6) is 5.75 Å².